The lowest BCUT2D eigenvalue weighted by Gasteiger charge is -1.97. The maximum Gasteiger partial charge on any atom is 0.249 e. The molecule has 0 unspecified atom stereocenters. The fourth-order valence-corrected chi connectivity index (χ4v) is 1.15. The third-order valence-corrected chi connectivity index (χ3v) is 1.75. The van der Waals surface area contributed by atoms with Crippen molar-refractivity contribution in [3.05, 3.63) is 41.1 Å². The maximum atomic E-state index is 10.9. The van der Waals surface area contributed by atoms with Crippen molar-refractivity contribution >= 4 is 17.1 Å². The van der Waals surface area contributed by atoms with E-state index in [-0.39, 0.29) is 5.56 Å². The van der Waals surface area contributed by atoms with Crippen LogP contribution >= 0.6 is 0 Å². The summed E-state index contributed by atoms with van der Waals surface area (Å²) >= 11 is 0. The second-order valence-corrected chi connectivity index (χ2v) is 2.55. The Kier molecular flexibility index (Phi) is 1.66. The molecule has 0 aliphatic rings. The van der Waals surface area contributed by atoms with Crippen LogP contribution in [0.2, 0.25) is 0 Å². The Morgan fingerprint density at radius 3 is 3.00 bits per heavy atom. The molecule has 0 aliphatic heterocycles. The monoisotopic (exact) mass is 173 g/mol. The van der Waals surface area contributed by atoms with Crippen molar-refractivity contribution in [2.24, 2.45) is 0 Å². The van der Waals surface area contributed by atoms with Crippen LogP contribution in [0.4, 0.5) is 0 Å². The first-order chi connectivity index (χ1) is 6.31. The molecule has 4 heteroatoms. The van der Waals surface area contributed by atoms with Crippen LogP contribution in [0.15, 0.2) is 29.8 Å². The van der Waals surface area contributed by atoms with E-state index in [0.717, 1.165) is 11.1 Å². The Bertz CT molecular complexity index is 515. The largest absolute Gasteiger partial charge is 0.306 e. The van der Waals surface area contributed by atoms with E-state index >= 15 is 0 Å². The zero-order chi connectivity index (χ0) is 9.26. The van der Waals surface area contributed by atoms with Crippen LogP contribution in [0, 0.1) is 0 Å². The number of pyridine rings is 1. The van der Waals surface area contributed by atoms with E-state index in [0.29, 0.717) is 5.65 Å². The van der Waals surface area contributed by atoms with Crippen molar-refractivity contribution in [1.29, 1.82) is 0 Å². The van der Waals surface area contributed by atoms with E-state index in [9.17, 15) is 4.79 Å². The molecule has 13 heavy (non-hydrogen) atoms. The number of H-pyrrole nitrogens is 1. The lowest BCUT2D eigenvalue weighted by atomic mass is 10.2. The van der Waals surface area contributed by atoms with Gasteiger partial charge in [0.15, 0.2) is 0 Å². The second kappa shape index (κ2) is 2.82. The summed E-state index contributed by atoms with van der Waals surface area (Å²) in [6.45, 7) is 3.62. The lowest BCUT2D eigenvalue weighted by molar-refractivity contribution is 1.15. The van der Waals surface area contributed by atoms with E-state index < -0.39 is 0 Å². The van der Waals surface area contributed by atoms with Crippen LogP contribution in [-0.2, 0) is 0 Å². The smallest absolute Gasteiger partial charge is 0.249 e. The van der Waals surface area contributed by atoms with Crippen molar-refractivity contribution in [2.75, 3.05) is 0 Å². The molecule has 64 valence electrons. The third-order valence-electron chi connectivity index (χ3n) is 1.75. The van der Waals surface area contributed by atoms with E-state index in [2.05, 4.69) is 21.5 Å². The number of fused-ring (bicyclic) bond motifs is 1. The summed E-state index contributed by atoms with van der Waals surface area (Å²) in [6.07, 6.45) is 3.03. The van der Waals surface area contributed by atoms with E-state index in [1.165, 1.54) is 12.4 Å². The molecule has 4 nitrogen and oxygen atoms in total. The highest BCUT2D eigenvalue weighted by molar-refractivity contribution is 5.82. The maximum absolute atomic E-state index is 10.9. The Balaban J connectivity index is 2.92. The molecule has 2 rings (SSSR count). The van der Waals surface area contributed by atoms with Gasteiger partial charge in [-0.1, -0.05) is 6.58 Å². The minimum atomic E-state index is -0.166. The Morgan fingerprint density at radius 2 is 2.23 bits per heavy atom. The van der Waals surface area contributed by atoms with Gasteiger partial charge in [0.05, 0.1) is 5.69 Å². The second-order valence-electron chi connectivity index (χ2n) is 2.55. The summed E-state index contributed by atoms with van der Waals surface area (Å²) in [5, 5.41) is 0.803. The molecule has 0 aliphatic carbocycles. The molecule has 0 amide bonds. The number of aromatic nitrogens is 3. The third kappa shape index (κ3) is 1.22. The minimum Gasteiger partial charge on any atom is -0.306 e. The predicted octanol–water partition coefficient (Wildman–Crippen LogP) is 0.961. The molecule has 2 aromatic rings. The minimum absolute atomic E-state index is 0.166. The van der Waals surface area contributed by atoms with Gasteiger partial charge in [0, 0.05) is 11.5 Å². The SMILES string of the molecule is C=Cc1ncnc2[nH]c(=O)ccc12. The molecule has 1 N–H and O–H groups in total. The molecular formula is C9H7N3O. The molecule has 2 aromatic heterocycles. The summed E-state index contributed by atoms with van der Waals surface area (Å²) < 4.78 is 0. The van der Waals surface area contributed by atoms with Crippen molar-refractivity contribution in [3.8, 4) is 0 Å². The summed E-state index contributed by atoms with van der Waals surface area (Å²) in [7, 11) is 0. The average molecular weight is 173 g/mol. The van der Waals surface area contributed by atoms with E-state index in [1.807, 2.05) is 0 Å². The van der Waals surface area contributed by atoms with E-state index in [1.54, 1.807) is 12.1 Å². The van der Waals surface area contributed by atoms with Crippen molar-refractivity contribution < 1.29 is 0 Å². The van der Waals surface area contributed by atoms with Crippen LogP contribution < -0.4 is 5.56 Å². The number of rotatable bonds is 1. The van der Waals surface area contributed by atoms with Gasteiger partial charge in [-0.2, -0.15) is 0 Å². The van der Waals surface area contributed by atoms with Gasteiger partial charge in [-0.25, -0.2) is 9.97 Å². The quantitative estimate of drug-likeness (QED) is 0.698. The Hall–Kier alpha value is -1.97. The fraction of sp³-hybridized carbons (Fsp3) is 0. The lowest BCUT2D eigenvalue weighted by Crippen LogP contribution is -2.04. The number of nitrogens with one attached hydrogen (secondary N) is 1. The highest BCUT2D eigenvalue weighted by Crippen LogP contribution is 2.10. The number of nitrogens with zero attached hydrogens (tertiary/aromatic N) is 2. The average Bonchev–Trinajstić information content (AvgIpc) is 2.16. The summed E-state index contributed by atoms with van der Waals surface area (Å²) in [5.41, 5.74) is 1.10. The van der Waals surface area contributed by atoms with Crippen LogP contribution in [0.5, 0.6) is 0 Å². The van der Waals surface area contributed by atoms with Crippen LogP contribution in [0.1, 0.15) is 5.69 Å². The summed E-state index contributed by atoms with van der Waals surface area (Å²) in [4.78, 5) is 21.5. The van der Waals surface area contributed by atoms with Gasteiger partial charge in [0.1, 0.15) is 12.0 Å². The number of hydrogen-bond acceptors (Lipinski definition) is 3. The summed E-state index contributed by atoms with van der Waals surface area (Å²) in [6, 6.07) is 3.13. The predicted molar refractivity (Wildman–Crippen MR) is 50.2 cm³/mol. The standard InChI is InChI=1S/C9H7N3O/c1-2-7-6-3-4-8(13)12-9(6)11-5-10-7/h2-5H,1H2,(H,10,11,12,13). The van der Waals surface area contributed by atoms with Gasteiger partial charge < -0.3 is 4.98 Å². The zero-order valence-corrected chi connectivity index (χ0v) is 6.82. The molecule has 0 atom stereocenters. The number of aromatic amines is 1. The normalized spacial score (nSPS) is 10.2. The van der Waals surface area contributed by atoms with E-state index in [4.69, 9.17) is 0 Å². The van der Waals surface area contributed by atoms with Crippen LogP contribution in [0.3, 0.4) is 0 Å². The Morgan fingerprint density at radius 1 is 1.38 bits per heavy atom. The molecule has 2 heterocycles. The Labute approximate surface area is 74.0 Å². The first-order valence-corrected chi connectivity index (χ1v) is 3.78. The van der Waals surface area contributed by atoms with Crippen LogP contribution in [-0.4, -0.2) is 15.0 Å². The van der Waals surface area contributed by atoms with Crippen LogP contribution in [0.25, 0.3) is 17.1 Å². The molecule has 0 radical (unpaired) electrons. The van der Waals surface area contributed by atoms with Crippen molar-refractivity contribution in [2.45, 2.75) is 0 Å². The summed E-state index contributed by atoms with van der Waals surface area (Å²) in [5.74, 6) is 0. The van der Waals surface area contributed by atoms with Gasteiger partial charge in [0.25, 0.3) is 0 Å². The highest BCUT2D eigenvalue weighted by atomic mass is 16.1. The van der Waals surface area contributed by atoms with Gasteiger partial charge in [-0.3, -0.25) is 4.79 Å². The first-order valence-electron chi connectivity index (χ1n) is 3.78. The first kappa shape index (κ1) is 7.67. The van der Waals surface area contributed by atoms with Gasteiger partial charge in [-0.15, -0.1) is 0 Å². The highest BCUT2D eigenvalue weighted by Gasteiger charge is 1.99. The van der Waals surface area contributed by atoms with Crippen molar-refractivity contribution in [3.63, 3.8) is 0 Å². The molecule has 0 aromatic carbocycles. The van der Waals surface area contributed by atoms with Gasteiger partial charge in [-0.05, 0) is 12.1 Å². The zero-order valence-electron chi connectivity index (χ0n) is 6.82. The molecule has 0 saturated heterocycles. The molecule has 0 fully saturated rings. The van der Waals surface area contributed by atoms with Crippen molar-refractivity contribution in [1.82, 2.24) is 15.0 Å². The topological polar surface area (TPSA) is 58.6 Å². The number of hydrogen-bond donors (Lipinski definition) is 1. The van der Waals surface area contributed by atoms with Gasteiger partial charge in [0.2, 0.25) is 5.56 Å². The molecular weight excluding hydrogens is 166 g/mol. The molecule has 0 bridgehead atoms. The van der Waals surface area contributed by atoms with Gasteiger partial charge >= 0.3 is 0 Å². The fourth-order valence-electron chi connectivity index (χ4n) is 1.15. The molecule has 0 saturated carbocycles. The molecule has 0 spiro atoms.